The van der Waals surface area contributed by atoms with Gasteiger partial charge in [0, 0.05) is 16.8 Å². The van der Waals surface area contributed by atoms with Crippen molar-refractivity contribution in [2.75, 3.05) is 11.1 Å². The largest absolute Gasteiger partial charge is 0.398 e. The van der Waals surface area contributed by atoms with E-state index in [9.17, 15) is 4.79 Å². The van der Waals surface area contributed by atoms with Gasteiger partial charge in [0.25, 0.3) is 5.91 Å². The molecule has 0 unspecified atom stereocenters. The van der Waals surface area contributed by atoms with Crippen molar-refractivity contribution >= 4 is 28.6 Å². The van der Waals surface area contributed by atoms with Crippen molar-refractivity contribution in [1.82, 2.24) is 4.98 Å². The summed E-state index contributed by atoms with van der Waals surface area (Å²) in [5.41, 5.74) is 10.0. The molecular formula is C11H11N3OS. The third kappa shape index (κ3) is 2.04. The number of carbonyl (C=O) groups excluding carboxylic acids is 1. The molecule has 2 aromatic rings. The first-order valence-electron chi connectivity index (χ1n) is 4.73. The molecule has 2 rings (SSSR count). The predicted octanol–water partition coefficient (Wildman–Crippen LogP) is 2.29. The van der Waals surface area contributed by atoms with Crippen molar-refractivity contribution in [2.24, 2.45) is 0 Å². The van der Waals surface area contributed by atoms with E-state index in [-0.39, 0.29) is 5.91 Å². The fraction of sp³-hybridized carbons (Fsp3) is 0.0909. The number of benzene rings is 1. The average Bonchev–Trinajstić information content (AvgIpc) is 2.78. The van der Waals surface area contributed by atoms with Crippen molar-refractivity contribution in [3.8, 4) is 0 Å². The number of thiazole rings is 1. The molecule has 0 saturated carbocycles. The Labute approximate surface area is 97.1 Å². The molecule has 0 aliphatic carbocycles. The Morgan fingerprint density at radius 3 is 3.00 bits per heavy atom. The van der Waals surface area contributed by atoms with E-state index in [1.165, 1.54) is 11.3 Å². The fourth-order valence-electron chi connectivity index (χ4n) is 1.30. The van der Waals surface area contributed by atoms with E-state index in [0.717, 1.165) is 11.3 Å². The number of anilines is 2. The van der Waals surface area contributed by atoms with E-state index in [4.69, 9.17) is 5.73 Å². The third-order valence-corrected chi connectivity index (χ3v) is 2.88. The number of amides is 1. The number of nitrogens with two attached hydrogens (primary N) is 1. The van der Waals surface area contributed by atoms with Gasteiger partial charge in [-0.15, -0.1) is 11.3 Å². The van der Waals surface area contributed by atoms with Gasteiger partial charge in [0.15, 0.2) is 0 Å². The molecule has 1 aromatic carbocycles. The molecular weight excluding hydrogens is 222 g/mol. The second-order valence-corrected chi connectivity index (χ2v) is 4.07. The molecule has 4 nitrogen and oxygen atoms in total. The van der Waals surface area contributed by atoms with E-state index in [1.807, 2.05) is 13.0 Å². The van der Waals surface area contributed by atoms with Crippen LogP contribution in [0.2, 0.25) is 0 Å². The Hall–Kier alpha value is -1.88. The molecule has 0 fully saturated rings. The second kappa shape index (κ2) is 4.32. The minimum atomic E-state index is -0.213. The molecule has 5 heteroatoms. The van der Waals surface area contributed by atoms with Crippen LogP contribution in [-0.2, 0) is 0 Å². The van der Waals surface area contributed by atoms with Gasteiger partial charge in [0.1, 0.15) is 5.69 Å². The summed E-state index contributed by atoms with van der Waals surface area (Å²) in [7, 11) is 0. The third-order valence-electron chi connectivity index (χ3n) is 2.29. The van der Waals surface area contributed by atoms with Crippen LogP contribution >= 0.6 is 11.3 Å². The van der Waals surface area contributed by atoms with Crippen LogP contribution in [0.1, 0.15) is 16.1 Å². The lowest BCUT2D eigenvalue weighted by molar-refractivity contribution is 0.102. The van der Waals surface area contributed by atoms with Crippen LogP contribution in [0.4, 0.5) is 11.4 Å². The normalized spacial score (nSPS) is 10.1. The average molecular weight is 233 g/mol. The highest BCUT2D eigenvalue weighted by molar-refractivity contribution is 7.07. The number of aromatic nitrogens is 1. The molecule has 16 heavy (non-hydrogen) atoms. The molecule has 1 aromatic heterocycles. The summed E-state index contributed by atoms with van der Waals surface area (Å²) in [5.74, 6) is -0.213. The van der Waals surface area contributed by atoms with Crippen LogP contribution in [0.5, 0.6) is 0 Å². The smallest absolute Gasteiger partial charge is 0.275 e. The maximum atomic E-state index is 11.7. The van der Waals surface area contributed by atoms with Crippen LogP contribution in [0.3, 0.4) is 0 Å². The van der Waals surface area contributed by atoms with Crippen molar-refractivity contribution in [1.29, 1.82) is 0 Å². The van der Waals surface area contributed by atoms with Gasteiger partial charge in [-0.2, -0.15) is 0 Å². The van der Waals surface area contributed by atoms with E-state index in [2.05, 4.69) is 10.3 Å². The first-order chi connectivity index (χ1) is 7.68. The Morgan fingerprint density at radius 2 is 2.31 bits per heavy atom. The predicted molar refractivity (Wildman–Crippen MR) is 65.7 cm³/mol. The molecule has 1 heterocycles. The fourth-order valence-corrected chi connectivity index (χ4v) is 1.83. The zero-order chi connectivity index (χ0) is 11.5. The number of nitrogens with zero attached hydrogens (tertiary/aromatic N) is 1. The zero-order valence-electron chi connectivity index (χ0n) is 8.73. The molecule has 0 radical (unpaired) electrons. The van der Waals surface area contributed by atoms with Crippen LogP contribution in [0, 0.1) is 6.92 Å². The maximum Gasteiger partial charge on any atom is 0.275 e. The van der Waals surface area contributed by atoms with Crippen LogP contribution in [-0.4, -0.2) is 10.9 Å². The lowest BCUT2D eigenvalue weighted by Gasteiger charge is -2.08. The molecule has 0 aliphatic rings. The second-order valence-electron chi connectivity index (χ2n) is 3.35. The van der Waals surface area contributed by atoms with E-state index < -0.39 is 0 Å². The molecule has 0 saturated heterocycles. The van der Waals surface area contributed by atoms with E-state index in [1.54, 1.807) is 23.0 Å². The highest BCUT2D eigenvalue weighted by Gasteiger charge is 2.09. The lowest BCUT2D eigenvalue weighted by Crippen LogP contribution is -2.13. The topological polar surface area (TPSA) is 68.0 Å². The summed E-state index contributed by atoms with van der Waals surface area (Å²) in [6, 6.07) is 5.42. The van der Waals surface area contributed by atoms with Gasteiger partial charge in [-0.25, -0.2) is 4.98 Å². The standard InChI is InChI=1S/C11H11N3OS/c1-7-8(12)3-2-4-9(7)14-11(15)10-5-16-6-13-10/h2-6H,12H2,1H3,(H,14,15). The van der Waals surface area contributed by atoms with Gasteiger partial charge in [-0.1, -0.05) is 6.07 Å². The van der Waals surface area contributed by atoms with Crippen LogP contribution in [0.15, 0.2) is 29.1 Å². The number of nitrogens with one attached hydrogen (secondary N) is 1. The molecule has 0 aliphatic heterocycles. The molecule has 0 bridgehead atoms. The van der Waals surface area contributed by atoms with Gasteiger partial charge in [0.05, 0.1) is 5.51 Å². The summed E-state index contributed by atoms with van der Waals surface area (Å²) >= 11 is 1.39. The number of nitrogen functional groups attached to an aromatic ring is 1. The Morgan fingerprint density at radius 1 is 1.50 bits per heavy atom. The molecule has 3 N–H and O–H groups in total. The highest BCUT2D eigenvalue weighted by atomic mass is 32.1. The molecule has 0 spiro atoms. The monoisotopic (exact) mass is 233 g/mol. The van der Waals surface area contributed by atoms with Gasteiger partial charge >= 0.3 is 0 Å². The van der Waals surface area contributed by atoms with E-state index >= 15 is 0 Å². The summed E-state index contributed by atoms with van der Waals surface area (Å²) < 4.78 is 0. The van der Waals surface area contributed by atoms with Crippen molar-refractivity contribution in [3.05, 3.63) is 40.3 Å². The Bertz CT molecular complexity index is 508. The quantitative estimate of drug-likeness (QED) is 0.782. The number of rotatable bonds is 2. The molecule has 1 amide bonds. The first kappa shape index (κ1) is 10.6. The maximum absolute atomic E-state index is 11.7. The SMILES string of the molecule is Cc1c(N)cccc1NC(=O)c1cscn1. The number of carbonyl (C=O) groups is 1. The van der Waals surface area contributed by atoms with Crippen molar-refractivity contribution in [3.63, 3.8) is 0 Å². The molecule has 0 atom stereocenters. The van der Waals surface area contributed by atoms with Crippen LogP contribution in [0.25, 0.3) is 0 Å². The van der Waals surface area contributed by atoms with E-state index in [0.29, 0.717) is 11.4 Å². The van der Waals surface area contributed by atoms with Crippen molar-refractivity contribution < 1.29 is 4.79 Å². The number of hydrogen-bond donors (Lipinski definition) is 2. The first-order valence-corrected chi connectivity index (χ1v) is 5.67. The Balaban J connectivity index is 2.22. The summed E-state index contributed by atoms with van der Waals surface area (Å²) in [6.07, 6.45) is 0. The van der Waals surface area contributed by atoms with Gasteiger partial charge in [-0.05, 0) is 24.6 Å². The lowest BCUT2D eigenvalue weighted by atomic mass is 10.1. The van der Waals surface area contributed by atoms with Gasteiger partial charge < -0.3 is 11.1 Å². The zero-order valence-corrected chi connectivity index (χ0v) is 9.54. The summed E-state index contributed by atoms with van der Waals surface area (Å²) in [6.45, 7) is 1.87. The summed E-state index contributed by atoms with van der Waals surface area (Å²) in [4.78, 5) is 15.7. The van der Waals surface area contributed by atoms with Crippen molar-refractivity contribution in [2.45, 2.75) is 6.92 Å². The minimum Gasteiger partial charge on any atom is -0.398 e. The van der Waals surface area contributed by atoms with Gasteiger partial charge in [-0.3, -0.25) is 4.79 Å². The Kier molecular flexibility index (Phi) is 2.87. The summed E-state index contributed by atoms with van der Waals surface area (Å²) in [5, 5.41) is 4.48. The minimum absolute atomic E-state index is 0.213. The van der Waals surface area contributed by atoms with Crippen LogP contribution < -0.4 is 11.1 Å². The molecule has 82 valence electrons. The highest BCUT2D eigenvalue weighted by Crippen LogP contribution is 2.20. The van der Waals surface area contributed by atoms with Gasteiger partial charge in [0.2, 0.25) is 0 Å². The number of hydrogen-bond acceptors (Lipinski definition) is 4.